The lowest BCUT2D eigenvalue weighted by molar-refractivity contribution is -0.142. The number of carbonyl (C=O) groups is 3. The van der Waals surface area contributed by atoms with Gasteiger partial charge in [0.1, 0.15) is 11.6 Å². The van der Waals surface area contributed by atoms with Gasteiger partial charge < -0.3 is 19.7 Å². The summed E-state index contributed by atoms with van der Waals surface area (Å²) in [5, 5.41) is 3.71. The van der Waals surface area contributed by atoms with Crippen LogP contribution in [0.3, 0.4) is 0 Å². The van der Waals surface area contributed by atoms with E-state index in [0.717, 1.165) is 38.8 Å². The number of hydrogen-bond donors (Lipinski definition) is 1. The fraction of sp³-hybridized carbons (Fsp3) is 0.679. The van der Waals surface area contributed by atoms with Crippen molar-refractivity contribution in [3.8, 4) is 0 Å². The number of nitrogens with one attached hydrogen (secondary N) is 1. The molecule has 1 heterocycles. The average molecular weight is 571 g/mol. The maximum Gasteiger partial charge on any atom is 0.408 e. The molecule has 2 fully saturated rings. The van der Waals surface area contributed by atoms with Crippen molar-refractivity contribution in [3.05, 3.63) is 33.8 Å². The van der Waals surface area contributed by atoms with Gasteiger partial charge >= 0.3 is 12.1 Å². The summed E-state index contributed by atoms with van der Waals surface area (Å²) in [4.78, 5) is 42.6. The number of esters is 1. The van der Waals surface area contributed by atoms with Gasteiger partial charge in [0.15, 0.2) is 0 Å². The Morgan fingerprint density at radius 1 is 1.05 bits per heavy atom. The topological polar surface area (TPSA) is 88.2 Å². The fourth-order valence-corrected chi connectivity index (χ4v) is 5.92. The van der Waals surface area contributed by atoms with Crippen molar-refractivity contribution in [3.63, 3.8) is 0 Å². The number of hydrogen-bond acceptors (Lipinski definition) is 6. The Labute approximate surface area is 236 Å². The Morgan fingerprint density at radius 2 is 1.74 bits per heavy atom. The summed E-state index contributed by atoms with van der Waals surface area (Å²) in [6, 6.07) is 4.59. The van der Waals surface area contributed by atoms with Gasteiger partial charge in [0.25, 0.3) is 0 Å². The number of nitrogens with zero attached hydrogens (tertiary/aromatic N) is 2. The van der Waals surface area contributed by atoms with Gasteiger partial charge in [0.05, 0.1) is 7.11 Å². The van der Waals surface area contributed by atoms with Crippen molar-refractivity contribution in [1.82, 2.24) is 15.1 Å². The molecule has 1 aliphatic heterocycles. The zero-order chi connectivity index (χ0) is 27.9. The highest BCUT2D eigenvalue weighted by Crippen LogP contribution is 2.31. The molecule has 0 radical (unpaired) electrons. The number of benzene rings is 1. The van der Waals surface area contributed by atoms with Crippen LogP contribution in [0, 0.1) is 5.92 Å². The van der Waals surface area contributed by atoms with Crippen molar-refractivity contribution in [2.45, 2.75) is 83.4 Å². The number of piperazine rings is 1. The molecule has 0 bridgehead atoms. The SMILES string of the molecule is COC(=O)CC1CCCCCC1N1CCN(C(=O)[C@@H](Cc2ccc(Cl)cc2Cl)NC(=O)OC(C)(C)C)CC1. The van der Waals surface area contributed by atoms with Gasteiger partial charge in [0.2, 0.25) is 5.91 Å². The van der Waals surface area contributed by atoms with Gasteiger partial charge in [-0.25, -0.2) is 4.79 Å². The van der Waals surface area contributed by atoms with E-state index in [-0.39, 0.29) is 24.2 Å². The van der Waals surface area contributed by atoms with E-state index in [1.165, 1.54) is 13.5 Å². The van der Waals surface area contributed by atoms with Crippen LogP contribution in [0.5, 0.6) is 0 Å². The first-order chi connectivity index (χ1) is 18.0. The lowest BCUT2D eigenvalue weighted by Gasteiger charge is -2.42. The molecule has 1 aromatic carbocycles. The number of ether oxygens (including phenoxy) is 2. The third-order valence-corrected chi connectivity index (χ3v) is 7.89. The van der Waals surface area contributed by atoms with E-state index in [2.05, 4.69) is 10.2 Å². The van der Waals surface area contributed by atoms with Gasteiger partial charge in [-0.2, -0.15) is 0 Å². The van der Waals surface area contributed by atoms with E-state index in [1.807, 2.05) is 0 Å². The molecule has 1 aromatic rings. The summed E-state index contributed by atoms with van der Waals surface area (Å²) < 4.78 is 10.4. The summed E-state index contributed by atoms with van der Waals surface area (Å²) in [5.74, 6) is -0.0676. The molecule has 8 nitrogen and oxygen atoms in total. The van der Waals surface area contributed by atoms with E-state index >= 15 is 0 Å². The van der Waals surface area contributed by atoms with Crippen LogP contribution in [0.25, 0.3) is 0 Å². The number of methoxy groups -OCH3 is 1. The van der Waals surface area contributed by atoms with Crippen LogP contribution in [0.15, 0.2) is 18.2 Å². The van der Waals surface area contributed by atoms with Crippen LogP contribution in [0.1, 0.15) is 64.9 Å². The van der Waals surface area contributed by atoms with Gasteiger partial charge in [-0.15, -0.1) is 0 Å². The van der Waals surface area contributed by atoms with E-state index in [1.54, 1.807) is 43.9 Å². The van der Waals surface area contributed by atoms with E-state index in [4.69, 9.17) is 32.7 Å². The monoisotopic (exact) mass is 569 g/mol. The largest absolute Gasteiger partial charge is 0.469 e. The van der Waals surface area contributed by atoms with Crippen LogP contribution in [-0.2, 0) is 25.5 Å². The maximum absolute atomic E-state index is 13.7. The second-order valence-electron chi connectivity index (χ2n) is 11.2. The second-order valence-corrected chi connectivity index (χ2v) is 12.1. The van der Waals surface area contributed by atoms with Gasteiger partial charge in [0, 0.05) is 55.1 Å². The van der Waals surface area contributed by atoms with Crippen LogP contribution in [-0.4, -0.2) is 78.7 Å². The Balaban J connectivity index is 1.69. The molecule has 212 valence electrons. The highest BCUT2D eigenvalue weighted by Gasteiger charge is 2.35. The Bertz CT molecular complexity index is 976. The molecule has 1 N–H and O–H groups in total. The molecular formula is C28H41Cl2N3O5. The molecule has 2 aliphatic rings. The van der Waals surface area contributed by atoms with Crippen molar-refractivity contribution in [1.29, 1.82) is 0 Å². The Hall–Kier alpha value is -2.03. The molecule has 1 saturated heterocycles. The van der Waals surface area contributed by atoms with Crippen LogP contribution in [0.2, 0.25) is 10.0 Å². The molecule has 0 aromatic heterocycles. The number of rotatable bonds is 7. The number of amides is 2. The smallest absolute Gasteiger partial charge is 0.408 e. The molecule has 10 heteroatoms. The highest BCUT2D eigenvalue weighted by molar-refractivity contribution is 6.35. The molecular weight excluding hydrogens is 529 g/mol. The molecule has 1 saturated carbocycles. The molecule has 2 unspecified atom stereocenters. The highest BCUT2D eigenvalue weighted by atomic mass is 35.5. The lowest BCUT2D eigenvalue weighted by atomic mass is 9.89. The minimum Gasteiger partial charge on any atom is -0.469 e. The molecule has 38 heavy (non-hydrogen) atoms. The quantitative estimate of drug-likeness (QED) is 0.363. The number of carbonyl (C=O) groups excluding carboxylic acids is 3. The van der Waals surface area contributed by atoms with Crippen molar-refractivity contribution in [2.24, 2.45) is 5.92 Å². The fourth-order valence-electron chi connectivity index (χ4n) is 5.43. The molecule has 0 spiro atoms. The first-order valence-corrected chi connectivity index (χ1v) is 14.3. The van der Waals surface area contributed by atoms with Crippen molar-refractivity contribution < 1.29 is 23.9 Å². The third-order valence-electron chi connectivity index (χ3n) is 7.30. The van der Waals surface area contributed by atoms with Crippen LogP contribution >= 0.6 is 23.2 Å². The first kappa shape index (κ1) is 30.5. The summed E-state index contributed by atoms with van der Waals surface area (Å²) in [5.41, 5.74) is 0.0222. The summed E-state index contributed by atoms with van der Waals surface area (Å²) >= 11 is 12.4. The second kappa shape index (κ2) is 13.9. The Morgan fingerprint density at radius 3 is 2.37 bits per heavy atom. The van der Waals surface area contributed by atoms with Gasteiger partial charge in [-0.1, -0.05) is 48.5 Å². The standard InChI is InChI=1S/C28H41Cl2N3O5/c1-28(2,3)38-27(36)31-23(16-19-10-11-21(29)18-22(19)30)26(35)33-14-12-32(13-15-33)24-9-7-5-6-8-20(24)17-25(34)37-4/h10-11,18,20,23-24H,5-9,12-17H2,1-4H3,(H,31,36)/t20?,23-,24?/m1/s1. The number of halogens is 2. The molecule has 3 atom stereocenters. The van der Waals surface area contributed by atoms with E-state index in [9.17, 15) is 14.4 Å². The minimum absolute atomic E-state index is 0.160. The minimum atomic E-state index is -0.833. The van der Waals surface area contributed by atoms with Crippen molar-refractivity contribution in [2.75, 3.05) is 33.3 Å². The van der Waals surface area contributed by atoms with Crippen molar-refractivity contribution >= 4 is 41.2 Å². The zero-order valence-corrected chi connectivity index (χ0v) is 24.4. The first-order valence-electron chi connectivity index (χ1n) is 13.5. The number of alkyl carbamates (subject to hydrolysis) is 1. The van der Waals surface area contributed by atoms with Crippen LogP contribution < -0.4 is 5.32 Å². The molecule has 3 rings (SSSR count). The zero-order valence-electron chi connectivity index (χ0n) is 22.9. The Kier molecular flexibility index (Phi) is 11.1. The molecule has 2 amide bonds. The maximum atomic E-state index is 13.7. The summed E-state index contributed by atoms with van der Waals surface area (Å²) in [7, 11) is 1.44. The summed E-state index contributed by atoms with van der Waals surface area (Å²) in [6.07, 6.45) is 5.52. The predicted molar refractivity (Wildman–Crippen MR) is 148 cm³/mol. The van der Waals surface area contributed by atoms with Gasteiger partial charge in [-0.3, -0.25) is 14.5 Å². The normalized spacial score (nSPS) is 21.8. The molecule has 1 aliphatic carbocycles. The predicted octanol–water partition coefficient (Wildman–Crippen LogP) is 5.09. The van der Waals surface area contributed by atoms with Gasteiger partial charge in [-0.05, 0) is 57.2 Å². The lowest BCUT2D eigenvalue weighted by Crippen LogP contribution is -2.58. The third kappa shape index (κ3) is 9.02. The average Bonchev–Trinajstić information content (AvgIpc) is 3.09. The summed E-state index contributed by atoms with van der Waals surface area (Å²) in [6.45, 7) is 7.85. The van der Waals surface area contributed by atoms with E-state index < -0.39 is 17.7 Å². The van der Waals surface area contributed by atoms with E-state index in [0.29, 0.717) is 41.2 Å². The van der Waals surface area contributed by atoms with Crippen LogP contribution in [0.4, 0.5) is 4.79 Å².